The van der Waals surface area contributed by atoms with E-state index in [-0.39, 0.29) is 12.3 Å². The van der Waals surface area contributed by atoms with Gasteiger partial charge in [-0.25, -0.2) is 4.79 Å². The maximum atomic E-state index is 13.0. The zero-order valence-electron chi connectivity index (χ0n) is 21.7. The molecule has 212 valence electrons. The van der Waals surface area contributed by atoms with E-state index in [0.29, 0.717) is 12.0 Å². The lowest BCUT2D eigenvalue weighted by molar-refractivity contribution is -0.142. The van der Waals surface area contributed by atoms with Crippen molar-refractivity contribution in [2.45, 2.75) is 63.7 Å². The van der Waals surface area contributed by atoms with Gasteiger partial charge in [-0.05, 0) is 17.5 Å². The van der Waals surface area contributed by atoms with E-state index in [2.05, 4.69) is 20.9 Å². The topological polar surface area (TPSA) is 253 Å². The lowest BCUT2D eigenvalue weighted by atomic mass is 9.99. The van der Waals surface area contributed by atoms with Crippen LogP contribution in [0.2, 0.25) is 0 Å². The van der Waals surface area contributed by atoms with Crippen molar-refractivity contribution in [2.24, 2.45) is 23.1 Å². The number of aliphatic carboxylic acids is 1. The maximum absolute atomic E-state index is 13.0. The van der Waals surface area contributed by atoms with E-state index in [1.54, 1.807) is 25.3 Å². The number of primary amides is 2. The normalized spacial score (nSPS) is 14.8. The summed E-state index contributed by atoms with van der Waals surface area (Å²) in [5.74, 6) is -6.21. The summed E-state index contributed by atoms with van der Waals surface area (Å²) in [6, 6.07) is 1.68. The Balaban J connectivity index is 2.20. The molecule has 0 bridgehead atoms. The fourth-order valence-electron chi connectivity index (χ4n) is 3.87. The first-order chi connectivity index (χ1) is 18.3. The van der Waals surface area contributed by atoms with Crippen molar-refractivity contribution in [1.82, 2.24) is 20.9 Å². The smallest absolute Gasteiger partial charge is 0.326 e. The third kappa shape index (κ3) is 8.81. The van der Waals surface area contributed by atoms with Gasteiger partial charge in [-0.2, -0.15) is 0 Å². The Morgan fingerprint density at radius 1 is 0.872 bits per heavy atom. The Kier molecular flexibility index (Phi) is 11.0. The molecule has 39 heavy (non-hydrogen) atoms. The summed E-state index contributed by atoms with van der Waals surface area (Å²) in [6.45, 7) is 3.55. The van der Waals surface area contributed by atoms with Gasteiger partial charge >= 0.3 is 5.97 Å². The number of hydrogen-bond acceptors (Lipinski definition) is 7. The van der Waals surface area contributed by atoms with E-state index in [0.717, 1.165) is 10.9 Å². The highest BCUT2D eigenvalue weighted by atomic mass is 16.4. The number of carbonyl (C=O) groups excluding carboxylic acids is 5. The summed E-state index contributed by atoms with van der Waals surface area (Å²) < 4.78 is 0. The van der Waals surface area contributed by atoms with Gasteiger partial charge in [0.15, 0.2) is 0 Å². The van der Waals surface area contributed by atoms with Crippen LogP contribution in [-0.4, -0.2) is 69.8 Å². The summed E-state index contributed by atoms with van der Waals surface area (Å²) in [4.78, 5) is 76.7. The first-order valence-electron chi connectivity index (χ1n) is 12.3. The molecule has 0 radical (unpaired) electrons. The Hall–Kier alpha value is -4.46. The van der Waals surface area contributed by atoms with Gasteiger partial charge in [-0.1, -0.05) is 38.5 Å². The van der Waals surface area contributed by atoms with Crippen molar-refractivity contribution in [3.05, 3.63) is 36.0 Å². The average molecular weight is 546 g/mol. The van der Waals surface area contributed by atoms with Gasteiger partial charge in [-0.15, -0.1) is 0 Å². The number of H-pyrrole nitrogens is 1. The monoisotopic (exact) mass is 545 g/mol. The molecule has 0 aliphatic heterocycles. The Morgan fingerprint density at radius 2 is 1.38 bits per heavy atom. The van der Waals surface area contributed by atoms with Crippen LogP contribution in [0.4, 0.5) is 0 Å². The van der Waals surface area contributed by atoms with Crippen LogP contribution in [0.25, 0.3) is 10.9 Å². The number of aromatic amines is 1. The van der Waals surface area contributed by atoms with E-state index in [1.165, 1.54) is 0 Å². The number of carboxylic acids is 1. The van der Waals surface area contributed by atoms with Gasteiger partial charge in [-0.3, -0.25) is 24.0 Å². The first-order valence-corrected chi connectivity index (χ1v) is 12.3. The number of benzene rings is 1. The molecule has 1 aromatic heterocycles. The van der Waals surface area contributed by atoms with Crippen LogP contribution in [0.15, 0.2) is 30.5 Å². The number of fused-ring (bicyclic) bond motifs is 1. The van der Waals surface area contributed by atoms with E-state index in [1.807, 2.05) is 19.1 Å². The van der Waals surface area contributed by atoms with Gasteiger partial charge in [0.2, 0.25) is 29.5 Å². The minimum atomic E-state index is -1.60. The SMILES string of the molecule is CCC(C)C(N)C(=O)NC(CC(N)=O)C(=O)NC(CC(N)=O)C(=O)NC(Cc1c[nH]c2ccccc12)C(=O)O. The van der Waals surface area contributed by atoms with Gasteiger partial charge in [0, 0.05) is 23.5 Å². The van der Waals surface area contributed by atoms with Gasteiger partial charge in [0.25, 0.3) is 0 Å². The van der Waals surface area contributed by atoms with E-state index >= 15 is 0 Å². The lowest BCUT2D eigenvalue weighted by Crippen LogP contribution is -2.59. The molecule has 1 aromatic carbocycles. The molecule has 1 heterocycles. The largest absolute Gasteiger partial charge is 0.480 e. The number of carbonyl (C=O) groups is 6. The summed E-state index contributed by atoms with van der Waals surface area (Å²) in [5, 5.41) is 17.4. The van der Waals surface area contributed by atoms with Crippen LogP contribution in [0, 0.1) is 5.92 Å². The second-order valence-corrected chi connectivity index (χ2v) is 9.34. The van der Waals surface area contributed by atoms with E-state index < -0.39 is 72.5 Å². The van der Waals surface area contributed by atoms with Gasteiger partial charge in [0.1, 0.15) is 18.1 Å². The summed E-state index contributed by atoms with van der Waals surface area (Å²) in [6.07, 6.45) is 0.799. The molecule has 0 fully saturated rings. The molecule has 0 aliphatic rings. The number of hydrogen-bond donors (Lipinski definition) is 8. The molecule has 14 nitrogen and oxygen atoms in total. The van der Waals surface area contributed by atoms with Gasteiger partial charge < -0.3 is 43.2 Å². The average Bonchev–Trinajstić information content (AvgIpc) is 3.28. The molecule has 5 amide bonds. The minimum Gasteiger partial charge on any atom is -0.480 e. The molecule has 11 N–H and O–H groups in total. The Bertz CT molecular complexity index is 1230. The molecule has 0 spiro atoms. The van der Waals surface area contributed by atoms with Crippen molar-refractivity contribution >= 4 is 46.4 Å². The van der Waals surface area contributed by atoms with Crippen LogP contribution < -0.4 is 33.2 Å². The Morgan fingerprint density at radius 3 is 1.90 bits per heavy atom. The predicted molar refractivity (Wildman–Crippen MR) is 140 cm³/mol. The highest BCUT2D eigenvalue weighted by Crippen LogP contribution is 2.19. The maximum Gasteiger partial charge on any atom is 0.326 e. The first kappa shape index (κ1) is 30.8. The van der Waals surface area contributed by atoms with Gasteiger partial charge in [0.05, 0.1) is 18.9 Å². The number of rotatable bonds is 15. The Labute approximate surface area is 224 Å². The molecule has 5 atom stereocenters. The molecule has 14 heteroatoms. The second-order valence-electron chi connectivity index (χ2n) is 9.34. The number of amides is 5. The summed E-state index contributed by atoms with van der Waals surface area (Å²) >= 11 is 0. The zero-order chi connectivity index (χ0) is 29.3. The fourth-order valence-corrected chi connectivity index (χ4v) is 3.87. The molecule has 0 aliphatic carbocycles. The minimum absolute atomic E-state index is 0.101. The molecule has 0 saturated heterocycles. The fraction of sp³-hybridized carbons (Fsp3) is 0.440. The molecular formula is C25H35N7O7. The third-order valence-corrected chi connectivity index (χ3v) is 6.35. The summed E-state index contributed by atoms with van der Waals surface area (Å²) in [5.41, 5.74) is 17.8. The van der Waals surface area contributed by atoms with E-state index in [9.17, 15) is 33.9 Å². The van der Waals surface area contributed by atoms with Crippen molar-refractivity contribution in [3.8, 4) is 0 Å². The van der Waals surface area contributed by atoms with E-state index in [4.69, 9.17) is 17.2 Å². The van der Waals surface area contributed by atoms with Crippen LogP contribution in [-0.2, 0) is 35.2 Å². The number of nitrogens with one attached hydrogen (secondary N) is 4. The van der Waals surface area contributed by atoms with Crippen molar-refractivity contribution in [1.29, 1.82) is 0 Å². The molecule has 2 rings (SSSR count). The lowest BCUT2D eigenvalue weighted by Gasteiger charge is -2.25. The predicted octanol–water partition coefficient (Wildman–Crippen LogP) is -1.63. The number of aromatic nitrogens is 1. The van der Waals surface area contributed by atoms with Crippen molar-refractivity contribution < 1.29 is 33.9 Å². The quantitative estimate of drug-likeness (QED) is 0.129. The van der Waals surface area contributed by atoms with Crippen molar-refractivity contribution in [3.63, 3.8) is 0 Å². The number of nitrogens with two attached hydrogens (primary N) is 3. The molecule has 2 aromatic rings. The second kappa shape index (κ2) is 13.9. The third-order valence-electron chi connectivity index (χ3n) is 6.35. The van der Waals surface area contributed by atoms with Crippen LogP contribution >= 0.6 is 0 Å². The highest BCUT2D eigenvalue weighted by Gasteiger charge is 2.32. The summed E-state index contributed by atoms with van der Waals surface area (Å²) in [7, 11) is 0. The molecular weight excluding hydrogens is 510 g/mol. The zero-order valence-corrected chi connectivity index (χ0v) is 21.7. The van der Waals surface area contributed by atoms with Crippen molar-refractivity contribution in [2.75, 3.05) is 0 Å². The standard InChI is InChI=1S/C25H35N7O7/c1-3-12(2)21(28)24(37)31-17(10-20(27)34)22(35)30-16(9-19(26)33)23(36)32-18(25(38)39)8-13-11-29-15-7-5-4-6-14(13)15/h4-7,11-12,16-18,21,29H,3,8-10,28H2,1-2H3,(H2,26,33)(H2,27,34)(H,30,35)(H,31,37)(H,32,36)(H,38,39). The molecule has 0 saturated carbocycles. The van der Waals surface area contributed by atoms with Crippen LogP contribution in [0.3, 0.4) is 0 Å². The number of para-hydroxylation sites is 1. The molecule has 5 unspecified atom stereocenters. The number of carboxylic acid groups (broad SMARTS) is 1. The van der Waals surface area contributed by atoms with Crippen LogP contribution in [0.1, 0.15) is 38.7 Å². The van der Waals surface area contributed by atoms with Crippen LogP contribution in [0.5, 0.6) is 0 Å². The highest BCUT2D eigenvalue weighted by molar-refractivity contribution is 5.97.